The smallest absolute Gasteiger partial charge is 0.269 e. The monoisotopic (exact) mass is 348 g/mol. The number of rotatable bonds is 5. The average Bonchev–Trinajstić information content (AvgIpc) is 3.09. The summed E-state index contributed by atoms with van der Waals surface area (Å²) in [4.78, 5) is 17.0. The molecule has 6 heteroatoms. The highest BCUT2D eigenvalue weighted by Crippen LogP contribution is 2.25. The molecule has 132 valence electrons. The average molecular weight is 348 g/mol. The predicted octanol–water partition coefficient (Wildman–Crippen LogP) is 3.83. The van der Waals surface area contributed by atoms with Crippen LogP contribution in [0, 0.1) is 10.1 Å². The zero-order valence-corrected chi connectivity index (χ0v) is 14.3. The highest BCUT2D eigenvalue weighted by molar-refractivity contribution is 5.93. The Hall–Kier alpha value is -2.99. The van der Waals surface area contributed by atoms with Gasteiger partial charge in [0, 0.05) is 66.7 Å². The first-order valence-corrected chi connectivity index (χ1v) is 8.74. The number of non-ortho nitro benzene ring substituents is 1. The Morgan fingerprint density at radius 3 is 2.85 bits per heavy atom. The Balaban J connectivity index is 1.40. The summed E-state index contributed by atoms with van der Waals surface area (Å²) in [5, 5.41) is 16.7. The maximum atomic E-state index is 10.7. The summed E-state index contributed by atoms with van der Waals surface area (Å²) in [6.07, 6.45) is 4.79. The fourth-order valence-corrected chi connectivity index (χ4v) is 3.54. The van der Waals surface area contributed by atoms with Crippen molar-refractivity contribution in [2.75, 3.05) is 18.4 Å². The van der Waals surface area contributed by atoms with Crippen LogP contribution in [0.1, 0.15) is 12.0 Å². The molecule has 2 aromatic carbocycles. The van der Waals surface area contributed by atoms with Crippen LogP contribution in [0.5, 0.6) is 0 Å². The van der Waals surface area contributed by atoms with Gasteiger partial charge in [-0.1, -0.05) is 24.3 Å². The minimum atomic E-state index is -0.362. The molecule has 26 heavy (non-hydrogen) atoms. The van der Waals surface area contributed by atoms with Gasteiger partial charge in [0.25, 0.3) is 5.69 Å². The Kier molecular flexibility index (Phi) is 4.50. The molecule has 1 unspecified atom stereocenters. The number of anilines is 1. The van der Waals surface area contributed by atoms with E-state index in [1.54, 1.807) is 12.1 Å². The van der Waals surface area contributed by atoms with Crippen molar-refractivity contribution in [2.24, 2.45) is 0 Å². The number of hydrogen-bond donors (Lipinski definition) is 1. The molecule has 2 heterocycles. The molecule has 3 aromatic rings. The molecule has 1 fully saturated rings. The van der Waals surface area contributed by atoms with Crippen molar-refractivity contribution in [1.82, 2.24) is 9.88 Å². The van der Waals surface area contributed by atoms with Crippen LogP contribution in [-0.2, 0) is 6.54 Å². The second-order valence-corrected chi connectivity index (χ2v) is 6.69. The molecule has 0 saturated carbocycles. The van der Waals surface area contributed by atoms with Gasteiger partial charge in [-0.05, 0) is 24.1 Å². The lowest BCUT2D eigenvalue weighted by Gasteiger charge is -2.18. The summed E-state index contributed by atoms with van der Waals surface area (Å²) in [5.74, 6) is 0. The van der Waals surface area contributed by atoms with E-state index in [0.29, 0.717) is 6.04 Å². The second kappa shape index (κ2) is 7.09. The molecule has 1 aromatic heterocycles. The molecule has 1 saturated heterocycles. The van der Waals surface area contributed by atoms with E-state index < -0.39 is 0 Å². The summed E-state index contributed by atoms with van der Waals surface area (Å²) in [6.45, 7) is 2.79. The van der Waals surface area contributed by atoms with E-state index in [1.165, 1.54) is 5.39 Å². The topological polar surface area (TPSA) is 71.3 Å². The van der Waals surface area contributed by atoms with Crippen LogP contribution in [0.3, 0.4) is 0 Å². The molecule has 0 radical (unpaired) electrons. The first-order valence-electron chi connectivity index (χ1n) is 8.74. The van der Waals surface area contributed by atoms with Crippen molar-refractivity contribution < 1.29 is 4.92 Å². The van der Waals surface area contributed by atoms with Gasteiger partial charge in [0.2, 0.25) is 0 Å². The third-order valence-corrected chi connectivity index (χ3v) is 4.87. The van der Waals surface area contributed by atoms with Crippen LogP contribution in [-0.4, -0.2) is 33.9 Å². The first-order chi connectivity index (χ1) is 12.7. The maximum Gasteiger partial charge on any atom is 0.269 e. The second-order valence-electron chi connectivity index (χ2n) is 6.69. The van der Waals surface area contributed by atoms with E-state index in [4.69, 9.17) is 0 Å². The molecule has 1 atom stereocenters. The van der Waals surface area contributed by atoms with Crippen molar-refractivity contribution in [3.8, 4) is 0 Å². The highest BCUT2D eigenvalue weighted by Gasteiger charge is 2.22. The van der Waals surface area contributed by atoms with Crippen molar-refractivity contribution in [2.45, 2.75) is 19.0 Å². The zero-order valence-electron chi connectivity index (χ0n) is 14.3. The first kappa shape index (κ1) is 16.5. The summed E-state index contributed by atoms with van der Waals surface area (Å²) < 4.78 is 0. The number of hydrogen-bond acceptors (Lipinski definition) is 5. The van der Waals surface area contributed by atoms with E-state index in [1.807, 2.05) is 30.6 Å². The molecule has 1 aliphatic heterocycles. The van der Waals surface area contributed by atoms with Crippen LogP contribution >= 0.6 is 0 Å². The summed E-state index contributed by atoms with van der Waals surface area (Å²) in [5.41, 5.74) is 2.39. The lowest BCUT2D eigenvalue weighted by Crippen LogP contribution is -2.26. The van der Waals surface area contributed by atoms with Crippen molar-refractivity contribution >= 4 is 22.1 Å². The zero-order chi connectivity index (χ0) is 17.9. The molecule has 1 N–H and O–H groups in total. The molecule has 1 aliphatic rings. The third kappa shape index (κ3) is 3.50. The standard InChI is InChI=1S/C20H20N4O2/c25-24(26)18-6-4-15(5-7-18)13-23-11-9-17(14-23)22-20-3-1-2-16-12-21-10-8-19(16)20/h1-8,10,12,17,22H,9,11,13-14H2. The predicted molar refractivity (Wildman–Crippen MR) is 102 cm³/mol. The number of nitrogens with zero attached hydrogens (tertiary/aromatic N) is 3. The fourth-order valence-electron chi connectivity index (χ4n) is 3.54. The quantitative estimate of drug-likeness (QED) is 0.560. The Labute approximate surface area is 151 Å². The molecule has 0 amide bonds. The SMILES string of the molecule is O=[N+]([O-])c1ccc(CN2CCC(Nc3cccc4cnccc34)C2)cc1. The number of likely N-dealkylation sites (tertiary alicyclic amines) is 1. The van der Waals surface area contributed by atoms with Gasteiger partial charge in [-0.3, -0.25) is 20.0 Å². The van der Waals surface area contributed by atoms with Crippen LogP contribution in [0.15, 0.2) is 60.9 Å². The molecule has 0 aliphatic carbocycles. The maximum absolute atomic E-state index is 10.7. The number of fused-ring (bicyclic) bond motifs is 1. The minimum Gasteiger partial charge on any atom is -0.380 e. The molecule has 6 nitrogen and oxygen atoms in total. The molecule has 0 bridgehead atoms. The molecular formula is C20H20N4O2. The fraction of sp³-hybridized carbons (Fsp3) is 0.250. The van der Waals surface area contributed by atoms with E-state index in [9.17, 15) is 10.1 Å². The van der Waals surface area contributed by atoms with E-state index >= 15 is 0 Å². The highest BCUT2D eigenvalue weighted by atomic mass is 16.6. The summed E-state index contributed by atoms with van der Waals surface area (Å²) in [7, 11) is 0. The number of nitro benzene ring substituents is 1. The van der Waals surface area contributed by atoms with Gasteiger partial charge in [-0.2, -0.15) is 0 Å². The molecular weight excluding hydrogens is 328 g/mol. The molecule has 0 spiro atoms. The van der Waals surface area contributed by atoms with Crippen LogP contribution in [0.4, 0.5) is 11.4 Å². The number of pyridine rings is 1. The lowest BCUT2D eigenvalue weighted by molar-refractivity contribution is -0.384. The van der Waals surface area contributed by atoms with Crippen LogP contribution in [0.25, 0.3) is 10.8 Å². The van der Waals surface area contributed by atoms with E-state index in [-0.39, 0.29) is 10.6 Å². The van der Waals surface area contributed by atoms with Gasteiger partial charge in [0.05, 0.1) is 4.92 Å². The van der Waals surface area contributed by atoms with Gasteiger partial charge in [0.1, 0.15) is 0 Å². The molecule has 4 rings (SSSR count). The van der Waals surface area contributed by atoms with Gasteiger partial charge in [0.15, 0.2) is 0 Å². The largest absolute Gasteiger partial charge is 0.380 e. The van der Waals surface area contributed by atoms with Crippen LogP contribution < -0.4 is 5.32 Å². The minimum absolute atomic E-state index is 0.139. The third-order valence-electron chi connectivity index (χ3n) is 4.87. The van der Waals surface area contributed by atoms with E-state index in [0.717, 1.165) is 42.7 Å². The number of nitrogens with one attached hydrogen (secondary N) is 1. The Bertz CT molecular complexity index is 921. The van der Waals surface area contributed by atoms with Crippen molar-refractivity contribution in [1.29, 1.82) is 0 Å². The normalized spacial score (nSPS) is 17.5. The lowest BCUT2D eigenvalue weighted by atomic mass is 10.1. The number of benzene rings is 2. The summed E-state index contributed by atoms with van der Waals surface area (Å²) >= 11 is 0. The van der Waals surface area contributed by atoms with Crippen molar-refractivity contribution in [3.05, 3.63) is 76.6 Å². The van der Waals surface area contributed by atoms with Gasteiger partial charge >= 0.3 is 0 Å². The van der Waals surface area contributed by atoms with Gasteiger partial charge in [-0.25, -0.2) is 0 Å². The van der Waals surface area contributed by atoms with Gasteiger partial charge in [-0.15, -0.1) is 0 Å². The van der Waals surface area contributed by atoms with Gasteiger partial charge < -0.3 is 5.32 Å². The number of nitro groups is 1. The van der Waals surface area contributed by atoms with Crippen LogP contribution in [0.2, 0.25) is 0 Å². The summed E-state index contributed by atoms with van der Waals surface area (Å²) in [6, 6.07) is 15.5. The Morgan fingerprint density at radius 2 is 2.04 bits per heavy atom. The van der Waals surface area contributed by atoms with E-state index in [2.05, 4.69) is 33.4 Å². The number of aromatic nitrogens is 1. The Morgan fingerprint density at radius 1 is 1.19 bits per heavy atom. The van der Waals surface area contributed by atoms with Crippen molar-refractivity contribution in [3.63, 3.8) is 0 Å².